The first-order valence-corrected chi connectivity index (χ1v) is 9.44. The third kappa shape index (κ3) is 10.4. The fourth-order valence-electron chi connectivity index (χ4n) is 2.78. The van der Waals surface area contributed by atoms with E-state index < -0.39 is 0 Å². The van der Waals surface area contributed by atoms with Crippen LogP contribution >= 0.6 is 0 Å². The highest BCUT2D eigenvalue weighted by atomic mass is 16.5. The lowest BCUT2D eigenvalue weighted by Crippen LogP contribution is -2.29. The highest BCUT2D eigenvalue weighted by Crippen LogP contribution is 2.24. The molecule has 0 bridgehead atoms. The SMILES string of the molecule is CC(C)OC1CCC(OCCOCCOCCC(=O)C(C)C)CC1. The summed E-state index contributed by atoms with van der Waals surface area (Å²) in [5, 5.41) is 0. The average molecular weight is 344 g/mol. The molecule has 24 heavy (non-hydrogen) atoms. The lowest BCUT2D eigenvalue weighted by Gasteiger charge is -2.29. The van der Waals surface area contributed by atoms with Crippen molar-refractivity contribution in [3.63, 3.8) is 0 Å². The van der Waals surface area contributed by atoms with Crippen molar-refractivity contribution >= 4 is 5.78 Å². The summed E-state index contributed by atoms with van der Waals surface area (Å²) in [4.78, 5) is 11.4. The van der Waals surface area contributed by atoms with Crippen LogP contribution in [0, 0.1) is 5.92 Å². The zero-order valence-electron chi connectivity index (χ0n) is 15.9. The molecule has 0 aromatic heterocycles. The molecule has 1 rings (SSSR count). The Hall–Kier alpha value is -0.490. The van der Waals surface area contributed by atoms with Crippen molar-refractivity contribution in [2.45, 2.75) is 78.1 Å². The van der Waals surface area contributed by atoms with Crippen LogP contribution in [0.5, 0.6) is 0 Å². The second-order valence-corrected chi connectivity index (χ2v) is 7.05. The third-order valence-corrected chi connectivity index (χ3v) is 4.18. The fraction of sp³-hybridized carbons (Fsp3) is 0.947. The number of carbonyl (C=O) groups is 1. The maximum atomic E-state index is 11.4. The van der Waals surface area contributed by atoms with Crippen LogP contribution in [0.25, 0.3) is 0 Å². The summed E-state index contributed by atoms with van der Waals surface area (Å²) < 4.78 is 22.6. The molecule has 5 heteroatoms. The molecule has 0 aromatic carbocycles. The van der Waals surface area contributed by atoms with Crippen molar-refractivity contribution in [2.75, 3.05) is 33.0 Å². The number of Topliss-reactive ketones (excluding diaryl/α,β-unsaturated/α-hetero) is 1. The zero-order valence-corrected chi connectivity index (χ0v) is 15.9. The van der Waals surface area contributed by atoms with Gasteiger partial charge in [0.15, 0.2) is 0 Å². The second kappa shape index (κ2) is 12.8. The smallest absolute Gasteiger partial charge is 0.137 e. The predicted molar refractivity (Wildman–Crippen MR) is 94.3 cm³/mol. The van der Waals surface area contributed by atoms with Crippen molar-refractivity contribution in [3.05, 3.63) is 0 Å². The van der Waals surface area contributed by atoms with Gasteiger partial charge in [0.1, 0.15) is 5.78 Å². The molecule has 142 valence electrons. The molecular formula is C19H36O5. The van der Waals surface area contributed by atoms with Gasteiger partial charge in [0.2, 0.25) is 0 Å². The summed E-state index contributed by atoms with van der Waals surface area (Å²) in [6.45, 7) is 10.8. The highest BCUT2D eigenvalue weighted by molar-refractivity contribution is 5.80. The first-order valence-electron chi connectivity index (χ1n) is 9.44. The van der Waals surface area contributed by atoms with Gasteiger partial charge >= 0.3 is 0 Å². The van der Waals surface area contributed by atoms with Crippen LogP contribution in [-0.4, -0.2) is 57.1 Å². The molecule has 1 aliphatic carbocycles. The zero-order chi connectivity index (χ0) is 17.8. The summed E-state index contributed by atoms with van der Waals surface area (Å²) in [7, 11) is 0. The maximum absolute atomic E-state index is 11.4. The Morgan fingerprint density at radius 2 is 1.38 bits per heavy atom. The van der Waals surface area contributed by atoms with E-state index in [1.807, 2.05) is 13.8 Å². The van der Waals surface area contributed by atoms with Crippen LogP contribution in [0.1, 0.15) is 59.8 Å². The van der Waals surface area contributed by atoms with Gasteiger partial charge in [-0.2, -0.15) is 0 Å². The van der Waals surface area contributed by atoms with Crippen molar-refractivity contribution in [3.8, 4) is 0 Å². The van der Waals surface area contributed by atoms with Crippen LogP contribution in [0.2, 0.25) is 0 Å². The fourth-order valence-corrected chi connectivity index (χ4v) is 2.78. The molecule has 1 aliphatic rings. The van der Waals surface area contributed by atoms with E-state index >= 15 is 0 Å². The Morgan fingerprint density at radius 3 is 1.96 bits per heavy atom. The molecule has 5 nitrogen and oxygen atoms in total. The molecule has 0 amide bonds. The molecule has 0 unspecified atom stereocenters. The largest absolute Gasteiger partial charge is 0.379 e. The van der Waals surface area contributed by atoms with Gasteiger partial charge in [0.25, 0.3) is 0 Å². The van der Waals surface area contributed by atoms with Crippen molar-refractivity contribution in [2.24, 2.45) is 5.92 Å². The Morgan fingerprint density at radius 1 is 0.833 bits per heavy atom. The number of hydrogen-bond donors (Lipinski definition) is 0. The van der Waals surface area contributed by atoms with E-state index in [2.05, 4.69) is 13.8 Å². The number of hydrogen-bond acceptors (Lipinski definition) is 5. The molecule has 0 spiro atoms. The number of rotatable bonds is 13. The lowest BCUT2D eigenvalue weighted by molar-refractivity contribution is -0.123. The van der Waals surface area contributed by atoms with E-state index in [0.29, 0.717) is 57.8 Å². The maximum Gasteiger partial charge on any atom is 0.137 e. The van der Waals surface area contributed by atoms with E-state index in [9.17, 15) is 4.79 Å². The van der Waals surface area contributed by atoms with Crippen molar-refractivity contribution < 1.29 is 23.7 Å². The number of carbonyl (C=O) groups excluding carboxylic acids is 1. The molecule has 0 aromatic rings. The van der Waals surface area contributed by atoms with Crippen LogP contribution in [0.4, 0.5) is 0 Å². The van der Waals surface area contributed by atoms with Crippen LogP contribution < -0.4 is 0 Å². The topological polar surface area (TPSA) is 54.0 Å². The summed E-state index contributed by atoms with van der Waals surface area (Å²) in [6.07, 6.45) is 5.88. The Bertz CT molecular complexity index is 322. The van der Waals surface area contributed by atoms with Gasteiger partial charge in [-0.3, -0.25) is 4.79 Å². The average Bonchev–Trinajstić information content (AvgIpc) is 2.54. The van der Waals surface area contributed by atoms with Gasteiger partial charge < -0.3 is 18.9 Å². The van der Waals surface area contributed by atoms with Gasteiger partial charge in [-0.15, -0.1) is 0 Å². The van der Waals surface area contributed by atoms with Crippen molar-refractivity contribution in [1.29, 1.82) is 0 Å². The van der Waals surface area contributed by atoms with Crippen LogP contribution in [0.15, 0.2) is 0 Å². The molecule has 0 N–H and O–H groups in total. The monoisotopic (exact) mass is 344 g/mol. The summed E-state index contributed by atoms with van der Waals surface area (Å²) in [6, 6.07) is 0. The number of ether oxygens (including phenoxy) is 4. The number of ketones is 1. The van der Waals surface area contributed by atoms with Gasteiger partial charge in [0.05, 0.1) is 51.3 Å². The second-order valence-electron chi connectivity index (χ2n) is 7.05. The Kier molecular flexibility index (Phi) is 11.5. The van der Waals surface area contributed by atoms with Gasteiger partial charge in [-0.25, -0.2) is 0 Å². The quantitative estimate of drug-likeness (QED) is 0.479. The van der Waals surface area contributed by atoms with E-state index in [1.54, 1.807) is 0 Å². The van der Waals surface area contributed by atoms with Gasteiger partial charge in [-0.05, 0) is 39.5 Å². The normalized spacial score (nSPS) is 21.6. The first kappa shape index (κ1) is 21.6. The standard InChI is InChI=1S/C19H36O5/c1-15(2)19(20)9-10-21-11-12-22-13-14-23-17-5-7-18(8-6-17)24-16(3)4/h15-18H,5-14H2,1-4H3. The summed E-state index contributed by atoms with van der Waals surface area (Å²) in [5.41, 5.74) is 0. The van der Waals surface area contributed by atoms with E-state index in [1.165, 1.54) is 0 Å². The minimum Gasteiger partial charge on any atom is -0.379 e. The molecule has 0 heterocycles. The molecule has 0 saturated heterocycles. The van der Waals surface area contributed by atoms with Crippen molar-refractivity contribution in [1.82, 2.24) is 0 Å². The van der Waals surface area contributed by atoms with Gasteiger partial charge in [0, 0.05) is 12.3 Å². The van der Waals surface area contributed by atoms with E-state index in [-0.39, 0.29) is 11.7 Å². The van der Waals surface area contributed by atoms with E-state index in [4.69, 9.17) is 18.9 Å². The molecule has 0 aliphatic heterocycles. The summed E-state index contributed by atoms with van der Waals surface area (Å²) >= 11 is 0. The molecule has 1 fully saturated rings. The minimum absolute atomic E-state index is 0.0917. The Labute approximate surface area is 147 Å². The highest BCUT2D eigenvalue weighted by Gasteiger charge is 2.22. The lowest BCUT2D eigenvalue weighted by atomic mass is 9.95. The van der Waals surface area contributed by atoms with Crippen LogP contribution in [0.3, 0.4) is 0 Å². The third-order valence-electron chi connectivity index (χ3n) is 4.18. The van der Waals surface area contributed by atoms with Crippen LogP contribution in [-0.2, 0) is 23.7 Å². The molecule has 1 saturated carbocycles. The summed E-state index contributed by atoms with van der Waals surface area (Å²) in [5.74, 6) is 0.340. The minimum atomic E-state index is 0.0917. The Balaban J connectivity index is 1.87. The molecule has 0 atom stereocenters. The van der Waals surface area contributed by atoms with E-state index in [0.717, 1.165) is 25.7 Å². The molecule has 0 radical (unpaired) electrons. The van der Waals surface area contributed by atoms with Gasteiger partial charge in [-0.1, -0.05) is 13.8 Å². The first-order chi connectivity index (χ1) is 11.5. The predicted octanol–water partition coefficient (Wildman–Crippen LogP) is 3.39. The molecular weight excluding hydrogens is 308 g/mol.